The van der Waals surface area contributed by atoms with E-state index in [9.17, 15) is 13.2 Å². The normalized spacial score (nSPS) is 28.7. The van der Waals surface area contributed by atoms with E-state index in [2.05, 4.69) is 30.4 Å². The molecule has 8 nitrogen and oxygen atoms in total. The molecule has 2 bridgehead atoms. The van der Waals surface area contributed by atoms with E-state index in [0.29, 0.717) is 35.9 Å². The molecule has 2 fully saturated rings. The first kappa shape index (κ1) is 21.4. The number of aryl methyl sites for hydroxylation is 1. The fourth-order valence-corrected chi connectivity index (χ4v) is 5.92. The van der Waals surface area contributed by atoms with E-state index in [0.717, 1.165) is 36.2 Å². The standard InChI is InChI=1S/C23H26F3N7O/c1-13-27-22(34-31-13)32-11-15-7-8-16(12-32)19(15)28-21-29-20-17(14-5-3-2-4-6-14)9-10-18(23(24,25)26)33(20)30-21/h2-6,15-19H,7-12H2,1H3,(H,28,30)/t15-,16+,17?,18?,19-. The highest BCUT2D eigenvalue weighted by molar-refractivity contribution is 5.36. The van der Waals surface area contributed by atoms with Crippen LogP contribution in [0.15, 0.2) is 34.9 Å². The van der Waals surface area contributed by atoms with Crippen molar-refractivity contribution in [3.05, 3.63) is 47.5 Å². The van der Waals surface area contributed by atoms with Gasteiger partial charge in [0.25, 0.3) is 0 Å². The van der Waals surface area contributed by atoms with E-state index < -0.39 is 12.2 Å². The summed E-state index contributed by atoms with van der Waals surface area (Å²) in [6.45, 7) is 3.29. The average molecular weight is 474 g/mol. The number of nitrogens with zero attached hydrogens (tertiary/aromatic N) is 6. The number of rotatable bonds is 4. The van der Waals surface area contributed by atoms with Crippen LogP contribution in [-0.4, -0.2) is 50.2 Å². The number of benzene rings is 1. The smallest absolute Gasteiger partial charge is 0.350 e. The van der Waals surface area contributed by atoms with Gasteiger partial charge in [0.05, 0.1) is 0 Å². The molecule has 6 rings (SSSR count). The van der Waals surface area contributed by atoms with E-state index in [4.69, 9.17) is 4.52 Å². The molecule has 1 N–H and O–H groups in total. The number of anilines is 2. The minimum Gasteiger partial charge on any atom is -0.350 e. The van der Waals surface area contributed by atoms with Crippen LogP contribution < -0.4 is 10.2 Å². The van der Waals surface area contributed by atoms with Crippen molar-refractivity contribution in [3.8, 4) is 0 Å². The quantitative estimate of drug-likeness (QED) is 0.604. The van der Waals surface area contributed by atoms with Gasteiger partial charge in [-0.1, -0.05) is 35.5 Å². The summed E-state index contributed by atoms with van der Waals surface area (Å²) in [5.41, 5.74) is 0.964. The van der Waals surface area contributed by atoms with Crippen LogP contribution in [0.3, 0.4) is 0 Å². The van der Waals surface area contributed by atoms with Gasteiger partial charge in [-0.2, -0.15) is 23.1 Å². The average Bonchev–Trinajstić information content (AvgIpc) is 3.48. The number of nitrogens with one attached hydrogen (secondary N) is 1. The Balaban J connectivity index is 1.26. The lowest BCUT2D eigenvalue weighted by Crippen LogP contribution is -2.48. The summed E-state index contributed by atoms with van der Waals surface area (Å²) in [7, 11) is 0. The van der Waals surface area contributed by atoms with Crippen LogP contribution in [0.2, 0.25) is 0 Å². The van der Waals surface area contributed by atoms with Crippen molar-refractivity contribution in [1.82, 2.24) is 24.9 Å². The molecule has 3 aliphatic rings. The zero-order valence-corrected chi connectivity index (χ0v) is 18.7. The van der Waals surface area contributed by atoms with Gasteiger partial charge in [0, 0.05) is 25.0 Å². The number of halogens is 3. The molecule has 2 aliphatic heterocycles. The van der Waals surface area contributed by atoms with E-state index in [1.54, 1.807) is 6.92 Å². The SMILES string of the molecule is Cc1noc(N2C[C@H]3CC[C@@H](C2)[C@@H]3Nc2nc3n(n2)C(C(F)(F)F)CCC3c2ccccc2)n1. The fourth-order valence-electron chi connectivity index (χ4n) is 5.92. The van der Waals surface area contributed by atoms with Crippen LogP contribution >= 0.6 is 0 Å². The van der Waals surface area contributed by atoms with Gasteiger partial charge in [-0.05, 0) is 50.0 Å². The summed E-state index contributed by atoms with van der Waals surface area (Å²) in [5.74, 6) is 1.67. The lowest BCUT2D eigenvalue weighted by atomic mass is 9.88. The molecule has 1 aliphatic carbocycles. The largest absolute Gasteiger partial charge is 0.410 e. The summed E-state index contributed by atoms with van der Waals surface area (Å²) in [5, 5.41) is 11.7. The molecule has 1 aromatic carbocycles. The van der Waals surface area contributed by atoms with Crippen LogP contribution in [-0.2, 0) is 0 Å². The van der Waals surface area contributed by atoms with Crippen LogP contribution in [0.5, 0.6) is 0 Å². The van der Waals surface area contributed by atoms with Gasteiger partial charge in [0.1, 0.15) is 11.9 Å². The molecule has 180 valence electrons. The number of piperidine rings is 1. The molecule has 2 unspecified atom stereocenters. The Bertz CT molecular complexity index is 1150. The third-order valence-electron chi connectivity index (χ3n) is 7.49. The van der Waals surface area contributed by atoms with Gasteiger partial charge < -0.3 is 14.7 Å². The van der Waals surface area contributed by atoms with E-state index >= 15 is 0 Å². The number of hydrogen-bond acceptors (Lipinski definition) is 7. The van der Waals surface area contributed by atoms with Crippen molar-refractivity contribution in [2.75, 3.05) is 23.3 Å². The Morgan fingerprint density at radius 1 is 1.00 bits per heavy atom. The van der Waals surface area contributed by atoms with Crippen molar-refractivity contribution >= 4 is 12.0 Å². The van der Waals surface area contributed by atoms with Crippen molar-refractivity contribution in [2.24, 2.45) is 11.8 Å². The Morgan fingerprint density at radius 2 is 1.74 bits per heavy atom. The maximum atomic E-state index is 13.8. The van der Waals surface area contributed by atoms with Crippen LogP contribution in [0.1, 0.15) is 54.9 Å². The molecule has 3 aromatic rings. The van der Waals surface area contributed by atoms with Gasteiger partial charge in [0.2, 0.25) is 5.95 Å². The second-order valence-electron chi connectivity index (χ2n) is 9.63. The molecule has 1 saturated carbocycles. The van der Waals surface area contributed by atoms with Gasteiger partial charge in [-0.25, -0.2) is 4.68 Å². The summed E-state index contributed by atoms with van der Waals surface area (Å²) in [6, 6.07) is 8.58. The van der Waals surface area contributed by atoms with E-state index in [1.807, 2.05) is 30.3 Å². The van der Waals surface area contributed by atoms with Gasteiger partial charge in [-0.3, -0.25) is 0 Å². The number of aromatic nitrogens is 5. The second-order valence-corrected chi connectivity index (χ2v) is 9.63. The van der Waals surface area contributed by atoms with Crippen molar-refractivity contribution in [2.45, 2.75) is 56.8 Å². The summed E-state index contributed by atoms with van der Waals surface area (Å²) in [6.07, 6.45) is -1.94. The van der Waals surface area contributed by atoms with Crippen LogP contribution in [0, 0.1) is 18.8 Å². The molecule has 0 spiro atoms. The molecular formula is C23H26F3N7O. The third-order valence-corrected chi connectivity index (χ3v) is 7.49. The molecular weight excluding hydrogens is 447 g/mol. The Labute approximate surface area is 194 Å². The molecule has 0 radical (unpaired) electrons. The minimum atomic E-state index is -4.37. The Morgan fingerprint density at radius 3 is 2.38 bits per heavy atom. The van der Waals surface area contributed by atoms with Gasteiger partial charge in [-0.15, -0.1) is 5.10 Å². The molecule has 0 amide bonds. The Kier molecular flexibility index (Phi) is 5.03. The highest BCUT2D eigenvalue weighted by atomic mass is 19.4. The van der Waals surface area contributed by atoms with Crippen molar-refractivity contribution in [3.63, 3.8) is 0 Å². The molecule has 4 heterocycles. The zero-order chi connectivity index (χ0) is 23.4. The number of alkyl halides is 3. The minimum absolute atomic E-state index is 0.00784. The van der Waals surface area contributed by atoms with Gasteiger partial charge in [0.15, 0.2) is 5.82 Å². The molecule has 2 aromatic heterocycles. The number of fused-ring (bicyclic) bond motifs is 3. The lowest BCUT2D eigenvalue weighted by molar-refractivity contribution is -0.175. The molecule has 11 heteroatoms. The predicted octanol–water partition coefficient (Wildman–Crippen LogP) is 4.33. The lowest BCUT2D eigenvalue weighted by Gasteiger charge is -2.37. The highest BCUT2D eigenvalue weighted by Crippen LogP contribution is 2.45. The molecule has 34 heavy (non-hydrogen) atoms. The predicted molar refractivity (Wildman–Crippen MR) is 118 cm³/mol. The van der Waals surface area contributed by atoms with Crippen molar-refractivity contribution < 1.29 is 17.7 Å². The second kappa shape index (κ2) is 7.99. The van der Waals surface area contributed by atoms with Crippen LogP contribution in [0.4, 0.5) is 25.1 Å². The first-order chi connectivity index (χ1) is 16.4. The summed E-state index contributed by atoms with van der Waals surface area (Å²) >= 11 is 0. The summed E-state index contributed by atoms with van der Waals surface area (Å²) in [4.78, 5) is 11.1. The summed E-state index contributed by atoms with van der Waals surface area (Å²) < 4.78 is 47.9. The molecule has 5 atom stereocenters. The zero-order valence-electron chi connectivity index (χ0n) is 18.7. The topological polar surface area (TPSA) is 84.9 Å². The third kappa shape index (κ3) is 3.70. The fraction of sp³-hybridized carbons (Fsp3) is 0.565. The van der Waals surface area contributed by atoms with E-state index in [1.165, 1.54) is 0 Å². The first-order valence-electron chi connectivity index (χ1n) is 11.8. The van der Waals surface area contributed by atoms with E-state index in [-0.39, 0.29) is 24.3 Å². The monoisotopic (exact) mass is 473 g/mol. The number of hydrogen-bond donors (Lipinski definition) is 1. The highest BCUT2D eigenvalue weighted by Gasteiger charge is 2.48. The maximum absolute atomic E-state index is 13.8. The van der Waals surface area contributed by atoms with Crippen molar-refractivity contribution in [1.29, 1.82) is 0 Å². The Hall–Kier alpha value is -3.11. The first-order valence-corrected chi connectivity index (χ1v) is 11.8. The van der Waals surface area contributed by atoms with Crippen LogP contribution in [0.25, 0.3) is 0 Å². The molecule has 1 saturated heterocycles. The maximum Gasteiger partial charge on any atom is 0.410 e. The van der Waals surface area contributed by atoms with Gasteiger partial charge >= 0.3 is 12.2 Å².